The van der Waals surface area contributed by atoms with Gasteiger partial charge in [-0.1, -0.05) is 41.9 Å². The first-order valence-electron chi connectivity index (χ1n) is 8.67. The fourth-order valence-electron chi connectivity index (χ4n) is 3.15. The number of hydrogen-bond acceptors (Lipinski definition) is 2. The fourth-order valence-corrected chi connectivity index (χ4v) is 3.47. The Balaban J connectivity index is 1.71. The zero-order valence-electron chi connectivity index (χ0n) is 14.9. The van der Waals surface area contributed by atoms with E-state index in [1.54, 1.807) is 6.07 Å². The molecule has 0 radical (unpaired) electrons. The number of nitrogens with zero attached hydrogens (tertiary/aromatic N) is 3. The second kappa shape index (κ2) is 8.38. The van der Waals surface area contributed by atoms with Crippen LogP contribution in [0, 0.1) is 5.82 Å². The number of aryl methyl sites for hydroxylation is 1. The van der Waals surface area contributed by atoms with Crippen LogP contribution in [0.25, 0.3) is 11.0 Å². The molecule has 0 aliphatic rings. The van der Waals surface area contributed by atoms with Crippen molar-refractivity contribution in [3.8, 4) is 0 Å². The number of imidazole rings is 1. The first kappa shape index (κ1) is 19.2. The molecule has 0 amide bonds. The molecule has 0 spiro atoms. The van der Waals surface area contributed by atoms with Gasteiger partial charge < -0.3 is 9.47 Å². The summed E-state index contributed by atoms with van der Waals surface area (Å²) in [6.07, 6.45) is 0.912. The van der Waals surface area contributed by atoms with Crippen LogP contribution in [0.3, 0.4) is 0 Å². The summed E-state index contributed by atoms with van der Waals surface area (Å²) in [5.41, 5.74) is 2.70. The molecule has 6 heteroatoms. The predicted molar refractivity (Wildman–Crippen MR) is 106 cm³/mol. The Labute approximate surface area is 163 Å². The third-order valence-corrected chi connectivity index (χ3v) is 4.88. The maximum Gasteiger partial charge on any atom is 0.144 e. The van der Waals surface area contributed by atoms with Crippen LogP contribution in [0.1, 0.15) is 30.1 Å². The SMILES string of the molecule is CC(Cl)c1nc2cc(Cl)c(F)cc2n1CCCN(C)Cc1ccccc1. The van der Waals surface area contributed by atoms with E-state index in [1.165, 1.54) is 11.6 Å². The highest BCUT2D eigenvalue weighted by atomic mass is 35.5. The van der Waals surface area contributed by atoms with Crippen molar-refractivity contribution >= 4 is 34.2 Å². The first-order valence-corrected chi connectivity index (χ1v) is 9.49. The lowest BCUT2D eigenvalue weighted by atomic mass is 10.2. The summed E-state index contributed by atoms with van der Waals surface area (Å²) in [4.78, 5) is 6.82. The summed E-state index contributed by atoms with van der Waals surface area (Å²) in [6.45, 7) is 4.41. The van der Waals surface area contributed by atoms with E-state index >= 15 is 0 Å². The van der Waals surface area contributed by atoms with Gasteiger partial charge in [-0.15, -0.1) is 11.6 Å². The summed E-state index contributed by atoms with van der Waals surface area (Å²) < 4.78 is 15.9. The van der Waals surface area contributed by atoms with Gasteiger partial charge in [-0.3, -0.25) is 0 Å². The highest BCUT2D eigenvalue weighted by Gasteiger charge is 2.17. The van der Waals surface area contributed by atoms with E-state index in [2.05, 4.69) is 41.2 Å². The van der Waals surface area contributed by atoms with Gasteiger partial charge in [0.2, 0.25) is 0 Å². The van der Waals surface area contributed by atoms with Gasteiger partial charge in [0.1, 0.15) is 11.6 Å². The molecule has 1 unspecified atom stereocenters. The molecule has 3 nitrogen and oxygen atoms in total. The Bertz CT molecular complexity index is 878. The van der Waals surface area contributed by atoms with Gasteiger partial charge in [-0.2, -0.15) is 0 Å². The molecule has 2 aromatic carbocycles. The van der Waals surface area contributed by atoms with E-state index in [9.17, 15) is 4.39 Å². The van der Waals surface area contributed by atoms with Crippen LogP contribution in [0.4, 0.5) is 4.39 Å². The molecule has 1 atom stereocenters. The number of rotatable bonds is 7. The minimum Gasteiger partial charge on any atom is -0.327 e. The minimum atomic E-state index is -0.435. The number of hydrogen-bond donors (Lipinski definition) is 0. The smallest absolute Gasteiger partial charge is 0.144 e. The number of halogens is 3. The van der Waals surface area contributed by atoms with E-state index in [0.717, 1.165) is 37.4 Å². The molecule has 138 valence electrons. The fraction of sp³-hybridized carbons (Fsp3) is 0.350. The van der Waals surface area contributed by atoms with Gasteiger partial charge in [0.15, 0.2) is 0 Å². The molecule has 0 saturated heterocycles. The van der Waals surface area contributed by atoms with Crippen molar-refractivity contribution in [3.63, 3.8) is 0 Å². The van der Waals surface area contributed by atoms with E-state index in [4.69, 9.17) is 23.2 Å². The second-order valence-corrected chi connectivity index (χ2v) is 7.63. The number of aromatic nitrogens is 2. The predicted octanol–water partition coefficient (Wildman–Crippen LogP) is 5.65. The number of fused-ring (bicyclic) bond motifs is 1. The number of alkyl halides is 1. The molecule has 0 N–H and O–H groups in total. The van der Waals surface area contributed by atoms with Crippen molar-refractivity contribution < 1.29 is 4.39 Å². The normalized spacial score (nSPS) is 12.8. The summed E-state index contributed by atoms with van der Waals surface area (Å²) in [5.74, 6) is 0.310. The molecule has 0 bridgehead atoms. The first-order chi connectivity index (χ1) is 12.5. The van der Waals surface area contributed by atoms with Crippen molar-refractivity contribution in [2.24, 2.45) is 0 Å². The van der Waals surface area contributed by atoms with Crippen molar-refractivity contribution in [1.29, 1.82) is 0 Å². The van der Waals surface area contributed by atoms with Crippen LogP contribution in [-0.4, -0.2) is 28.0 Å². The lowest BCUT2D eigenvalue weighted by Crippen LogP contribution is -2.20. The molecule has 3 aromatic rings. The maximum absolute atomic E-state index is 13.9. The average Bonchev–Trinajstić information content (AvgIpc) is 2.94. The molecular weight excluding hydrogens is 372 g/mol. The van der Waals surface area contributed by atoms with Gasteiger partial charge in [-0.05, 0) is 38.6 Å². The van der Waals surface area contributed by atoms with Crippen molar-refractivity contribution in [2.75, 3.05) is 13.6 Å². The van der Waals surface area contributed by atoms with Crippen LogP contribution in [0.2, 0.25) is 5.02 Å². The van der Waals surface area contributed by atoms with Gasteiger partial charge >= 0.3 is 0 Å². The summed E-state index contributed by atoms with van der Waals surface area (Å²) in [5, 5.41) is -0.176. The molecule has 1 heterocycles. The highest BCUT2D eigenvalue weighted by Crippen LogP contribution is 2.28. The van der Waals surface area contributed by atoms with Crippen molar-refractivity contribution in [1.82, 2.24) is 14.5 Å². The van der Waals surface area contributed by atoms with E-state index in [0.29, 0.717) is 5.52 Å². The summed E-state index contributed by atoms with van der Waals surface area (Å²) in [7, 11) is 2.10. The molecule has 3 rings (SSSR count). The Kier molecular flexibility index (Phi) is 6.17. The zero-order valence-corrected chi connectivity index (χ0v) is 16.4. The number of benzene rings is 2. The maximum atomic E-state index is 13.9. The highest BCUT2D eigenvalue weighted by molar-refractivity contribution is 6.31. The molecule has 1 aromatic heterocycles. The molecule has 0 aliphatic carbocycles. The topological polar surface area (TPSA) is 21.1 Å². The summed E-state index contributed by atoms with van der Waals surface area (Å²) >= 11 is 12.2. The molecule has 0 fully saturated rings. The van der Waals surface area contributed by atoms with Gasteiger partial charge in [-0.25, -0.2) is 9.37 Å². The Morgan fingerprint density at radius 3 is 2.65 bits per heavy atom. The van der Waals surface area contributed by atoms with Crippen LogP contribution < -0.4 is 0 Å². The second-order valence-electron chi connectivity index (χ2n) is 6.57. The monoisotopic (exact) mass is 393 g/mol. The molecule has 26 heavy (non-hydrogen) atoms. The average molecular weight is 394 g/mol. The standard InChI is InChI=1S/C20H22Cl2FN3/c1-14(21)20-24-18-11-16(22)17(23)12-19(18)26(20)10-6-9-25(2)13-15-7-4-3-5-8-15/h3-5,7-8,11-12,14H,6,9-10,13H2,1-2H3. The Morgan fingerprint density at radius 1 is 1.23 bits per heavy atom. The lowest BCUT2D eigenvalue weighted by molar-refractivity contribution is 0.314. The molecule has 0 aliphatic heterocycles. The zero-order chi connectivity index (χ0) is 18.7. The van der Waals surface area contributed by atoms with E-state index in [-0.39, 0.29) is 10.4 Å². The van der Waals surface area contributed by atoms with E-state index < -0.39 is 5.82 Å². The van der Waals surface area contributed by atoms with Crippen LogP contribution >= 0.6 is 23.2 Å². The third-order valence-electron chi connectivity index (χ3n) is 4.39. The largest absolute Gasteiger partial charge is 0.327 e. The molecular formula is C20H22Cl2FN3. The third kappa shape index (κ3) is 4.37. The van der Waals surface area contributed by atoms with Crippen LogP contribution in [-0.2, 0) is 13.1 Å². The lowest BCUT2D eigenvalue weighted by Gasteiger charge is -2.18. The van der Waals surface area contributed by atoms with Gasteiger partial charge in [0.25, 0.3) is 0 Å². The molecule has 0 saturated carbocycles. The Hall–Kier alpha value is -1.62. The van der Waals surface area contributed by atoms with Gasteiger partial charge in [0, 0.05) is 19.2 Å². The minimum absolute atomic E-state index is 0.0820. The van der Waals surface area contributed by atoms with Crippen molar-refractivity contribution in [2.45, 2.75) is 31.8 Å². The van der Waals surface area contributed by atoms with Crippen LogP contribution in [0.5, 0.6) is 0 Å². The van der Waals surface area contributed by atoms with Gasteiger partial charge in [0.05, 0.1) is 21.4 Å². The van der Waals surface area contributed by atoms with E-state index in [1.807, 2.05) is 17.6 Å². The van der Waals surface area contributed by atoms with Crippen LogP contribution in [0.15, 0.2) is 42.5 Å². The quantitative estimate of drug-likeness (QED) is 0.483. The van der Waals surface area contributed by atoms with Crippen molar-refractivity contribution in [3.05, 3.63) is 64.7 Å². The Morgan fingerprint density at radius 2 is 1.96 bits per heavy atom. The summed E-state index contributed by atoms with van der Waals surface area (Å²) in [6, 6.07) is 13.4.